The highest BCUT2D eigenvalue weighted by Gasteiger charge is 2.48. The molecule has 1 heterocycles. The van der Waals surface area contributed by atoms with Crippen molar-refractivity contribution < 1.29 is 38.4 Å². The first kappa shape index (κ1) is 17.7. The lowest BCUT2D eigenvalue weighted by Crippen LogP contribution is -2.59. The number of aliphatic hydroxyl groups is 1. The molecule has 9 heteroatoms. The number of thiol groups is 1. The highest BCUT2D eigenvalue weighted by molar-refractivity contribution is 7.80. The fourth-order valence-electron chi connectivity index (χ4n) is 1.89. The van der Waals surface area contributed by atoms with Gasteiger partial charge in [-0.2, -0.15) is 0 Å². The smallest absolute Gasteiger partial charge is 0.303 e. The van der Waals surface area contributed by atoms with Crippen LogP contribution < -0.4 is 0 Å². The van der Waals surface area contributed by atoms with Crippen LogP contribution in [-0.4, -0.2) is 59.5 Å². The number of rotatable bonds is 4. The summed E-state index contributed by atoms with van der Waals surface area (Å²) < 4.78 is 20.1. The fourth-order valence-corrected chi connectivity index (χ4v) is 2.27. The molecule has 21 heavy (non-hydrogen) atoms. The summed E-state index contributed by atoms with van der Waals surface area (Å²) >= 11 is 4.11. The highest BCUT2D eigenvalue weighted by atomic mass is 32.1. The van der Waals surface area contributed by atoms with Gasteiger partial charge in [0.05, 0.1) is 0 Å². The first-order valence-corrected chi connectivity index (χ1v) is 6.73. The average Bonchev–Trinajstić information content (AvgIpc) is 2.35. The molecule has 5 atom stereocenters. The maximum absolute atomic E-state index is 11.1. The third-order valence-corrected chi connectivity index (χ3v) is 3.11. The number of carbonyl (C=O) groups is 3. The number of hydrogen-bond acceptors (Lipinski definition) is 9. The van der Waals surface area contributed by atoms with Crippen LogP contribution in [0.5, 0.6) is 0 Å². The molecular formula is C12H18O8S. The van der Waals surface area contributed by atoms with Gasteiger partial charge in [0.1, 0.15) is 24.3 Å². The van der Waals surface area contributed by atoms with Gasteiger partial charge in [-0.15, -0.1) is 12.6 Å². The van der Waals surface area contributed by atoms with Crippen molar-refractivity contribution in [2.24, 2.45) is 0 Å². The van der Waals surface area contributed by atoms with E-state index in [1.807, 2.05) is 0 Å². The second-order valence-corrected chi connectivity index (χ2v) is 5.02. The summed E-state index contributed by atoms with van der Waals surface area (Å²) in [6.45, 7) is 3.29. The molecule has 1 fully saturated rings. The fraction of sp³-hybridized carbons (Fsp3) is 0.750. The Balaban J connectivity index is 2.87. The lowest BCUT2D eigenvalue weighted by molar-refractivity contribution is -0.230. The van der Waals surface area contributed by atoms with Gasteiger partial charge in [0, 0.05) is 20.8 Å². The number of carbonyl (C=O) groups excluding carboxylic acids is 3. The van der Waals surface area contributed by atoms with Crippen molar-refractivity contribution in [3.8, 4) is 0 Å². The van der Waals surface area contributed by atoms with E-state index in [1.54, 1.807) is 0 Å². The molecule has 1 saturated heterocycles. The van der Waals surface area contributed by atoms with Crippen molar-refractivity contribution in [3.63, 3.8) is 0 Å². The molecule has 0 aromatic rings. The van der Waals surface area contributed by atoms with Gasteiger partial charge in [-0.3, -0.25) is 14.4 Å². The van der Waals surface area contributed by atoms with Gasteiger partial charge in [0.15, 0.2) is 12.2 Å². The Morgan fingerprint density at radius 3 is 2.05 bits per heavy atom. The first-order valence-electron chi connectivity index (χ1n) is 6.21. The molecular weight excluding hydrogens is 304 g/mol. The van der Waals surface area contributed by atoms with E-state index in [0.29, 0.717) is 0 Å². The zero-order valence-electron chi connectivity index (χ0n) is 11.8. The monoisotopic (exact) mass is 322 g/mol. The van der Waals surface area contributed by atoms with Gasteiger partial charge in [-0.25, -0.2) is 0 Å². The SMILES string of the molecule is CC(=O)OCC1OC(S)[C@@H](OC(C)=O)C(OC(C)=O)[C@H]1O. The zero-order valence-corrected chi connectivity index (χ0v) is 12.7. The molecule has 1 aliphatic rings. The van der Waals surface area contributed by atoms with E-state index in [2.05, 4.69) is 12.6 Å². The molecule has 0 saturated carbocycles. The third-order valence-electron chi connectivity index (χ3n) is 2.69. The van der Waals surface area contributed by atoms with Crippen LogP contribution in [0.1, 0.15) is 20.8 Å². The van der Waals surface area contributed by atoms with Crippen LogP contribution in [0.4, 0.5) is 0 Å². The lowest BCUT2D eigenvalue weighted by Gasteiger charge is -2.41. The third kappa shape index (κ3) is 5.18. The van der Waals surface area contributed by atoms with E-state index in [-0.39, 0.29) is 6.61 Å². The minimum Gasteiger partial charge on any atom is -0.463 e. The Labute approximate surface area is 127 Å². The Hall–Kier alpha value is -1.32. The maximum Gasteiger partial charge on any atom is 0.303 e. The topological polar surface area (TPSA) is 108 Å². The van der Waals surface area contributed by atoms with Crippen LogP contribution in [0.25, 0.3) is 0 Å². The number of esters is 3. The molecule has 3 unspecified atom stereocenters. The zero-order chi connectivity index (χ0) is 16.2. The van der Waals surface area contributed by atoms with Crippen LogP contribution >= 0.6 is 12.6 Å². The molecule has 0 amide bonds. The summed E-state index contributed by atoms with van der Waals surface area (Å²) in [5, 5.41) is 10.2. The minimum absolute atomic E-state index is 0.238. The summed E-state index contributed by atoms with van der Waals surface area (Å²) in [6, 6.07) is 0. The van der Waals surface area contributed by atoms with Gasteiger partial charge in [0.2, 0.25) is 0 Å². The van der Waals surface area contributed by atoms with E-state index >= 15 is 0 Å². The molecule has 1 aliphatic heterocycles. The van der Waals surface area contributed by atoms with Gasteiger partial charge < -0.3 is 24.1 Å². The van der Waals surface area contributed by atoms with Crippen molar-refractivity contribution in [3.05, 3.63) is 0 Å². The van der Waals surface area contributed by atoms with Crippen molar-refractivity contribution in [1.29, 1.82) is 0 Å². The summed E-state index contributed by atoms with van der Waals surface area (Å²) in [5.74, 6) is -1.84. The minimum atomic E-state index is -1.33. The molecule has 0 aromatic carbocycles. The number of hydrogen-bond donors (Lipinski definition) is 2. The quantitative estimate of drug-likeness (QED) is 0.402. The van der Waals surface area contributed by atoms with Crippen LogP contribution in [0, 0.1) is 0 Å². The van der Waals surface area contributed by atoms with Crippen LogP contribution in [0.15, 0.2) is 0 Å². The second-order valence-electron chi connectivity index (χ2n) is 4.51. The lowest BCUT2D eigenvalue weighted by atomic mass is 9.99. The molecule has 8 nitrogen and oxygen atoms in total. The summed E-state index contributed by atoms with van der Waals surface area (Å²) in [6.07, 6.45) is -4.52. The second kappa shape index (κ2) is 7.62. The summed E-state index contributed by atoms with van der Waals surface area (Å²) in [7, 11) is 0. The van der Waals surface area contributed by atoms with E-state index in [1.165, 1.54) is 13.8 Å². The van der Waals surface area contributed by atoms with Crippen molar-refractivity contribution >= 4 is 30.5 Å². The molecule has 0 aliphatic carbocycles. The van der Waals surface area contributed by atoms with Gasteiger partial charge >= 0.3 is 17.9 Å². The average molecular weight is 322 g/mol. The van der Waals surface area contributed by atoms with E-state index < -0.39 is 47.8 Å². The first-order chi connectivity index (χ1) is 9.72. The Kier molecular flexibility index (Phi) is 6.43. The van der Waals surface area contributed by atoms with Crippen LogP contribution in [0.2, 0.25) is 0 Å². The Bertz CT molecular complexity index is 412. The molecule has 0 spiro atoms. The Morgan fingerprint density at radius 2 is 1.57 bits per heavy atom. The number of aliphatic hydroxyl groups excluding tert-OH is 1. The highest BCUT2D eigenvalue weighted by Crippen LogP contribution is 2.28. The maximum atomic E-state index is 11.1. The van der Waals surface area contributed by atoms with E-state index in [0.717, 1.165) is 6.92 Å². The van der Waals surface area contributed by atoms with Gasteiger partial charge in [-0.05, 0) is 0 Å². The molecule has 0 aromatic heterocycles. The normalized spacial score (nSPS) is 32.1. The van der Waals surface area contributed by atoms with Crippen molar-refractivity contribution in [2.75, 3.05) is 6.61 Å². The van der Waals surface area contributed by atoms with Crippen molar-refractivity contribution in [2.45, 2.75) is 50.6 Å². The van der Waals surface area contributed by atoms with Crippen LogP contribution in [0.3, 0.4) is 0 Å². The van der Waals surface area contributed by atoms with E-state index in [4.69, 9.17) is 18.9 Å². The van der Waals surface area contributed by atoms with Gasteiger partial charge in [0.25, 0.3) is 0 Å². The Morgan fingerprint density at radius 1 is 1.05 bits per heavy atom. The number of ether oxygens (including phenoxy) is 4. The van der Waals surface area contributed by atoms with E-state index in [9.17, 15) is 19.5 Å². The summed E-state index contributed by atoms with van der Waals surface area (Å²) in [4.78, 5) is 33.0. The predicted octanol–water partition coefficient (Wildman–Crippen LogP) is -0.572. The molecule has 1 N–H and O–H groups in total. The standard InChI is InChI=1S/C12H18O8S/c1-5(13)17-4-8-9(16)10(18-6(2)14)11(12(21)20-8)19-7(3)15/h8-12,16,21H,4H2,1-3H3/t8?,9-,10?,11-,12?/m0/s1. The predicted molar refractivity (Wildman–Crippen MR) is 71.4 cm³/mol. The molecule has 120 valence electrons. The van der Waals surface area contributed by atoms with Gasteiger partial charge in [-0.1, -0.05) is 0 Å². The summed E-state index contributed by atoms with van der Waals surface area (Å²) in [5.41, 5.74) is -0.942. The van der Waals surface area contributed by atoms with Crippen LogP contribution in [-0.2, 0) is 33.3 Å². The molecule has 0 radical (unpaired) electrons. The largest absolute Gasteiger partial charge is 0.463 e. The van der Waals surface area contributed by atoms with Crippen molar-refractivity contribution in [1.82, 2.24) is 0 Å². The molecule has 0 bridgehead atoms. The molecule has 1 rings (SSSR count).